The summed E-state index contributed by atoms with van der Waals surface area (Å²) in [5, 5.41) is 12.8. The zero-order valence-electron chi connectivity index (χ0n) is 21.1. The van der Waals surface area contributed by atoms with Crippen LogP contribution in [-0.2, 0) is 19.1 Å². The third-order valence-electron chi connectivity index (χ3n) is 6.99. The van der Waals surface area contributed by atoms with Gasteiger partial charge in [0, 0.05) is 16.3 Å². The van der Waals surface area contributed by atoms with Gasteiger partial charge in [-0.3, -0.25) is 14.9 Å². The molecule has 1 saturated carbocycles. The number of piperazine rings is 1. The van der Waals surface area contributed by atoms with Crippen molar-refractivity contribution in [2.45, 2.75) is 38.3 Å². The van der Waals surface area contributed by atoms with Gasteiger partial charge in [0.25, 0.3) is 0 Å². The van der Waals surface area contributed by atoms with Crippen molar-refractivity contribution >= 4 is 58.4 Å². The summed E-state index contributed by atoms with van der Waals surface area (Å²) in [6, 6.07) is 14.1. The Morgan fingerprint density at radius 3 is 2.44 bits per heavy atom. The monoisotopic (exact) mass is 568 g/mol. The minimum atomic E-state index is -1.25. The first-order chi connectivity index (χ1) is 18.6. The van der Waals surface area contributed by atoms with Crippen LogP contribution in [0.1, 0.15) is 37.1 Å². The Morgan fingerprint density at radius 2 is 1.79 bits per heavy atom. The number of rotatable bonds is 7. The Balaban J connectivity index is 1.28. The predicted octanol–water partition coefficient (Wildman–Crippen LogP) is 4.87. The van der Waals surface area contributed by atoms with Crippen LogP contribution in [0.4, 0.5) is 16.2 Å². The Kier molecular flexibility index (Phi) is 7.04. The normalized spacial score (nSPS) is 17.1. The van der Waals surface area contributed by atoms with Crippen LogP contribution in [0.25, 0.3) is 10.4 Å². The Hall–Kier alpha value is -3.96. The molecule has 2 aliphatic rings. The highest BCUT2D eigenvalue weighted by atomic mass is 35.5. The molecule has 1 aliphatic carbocycles. The van der Waals surface area contributed by atoms with Crippen LogP contribution in [0.15, 0.2) is 48.5 Å². The number of halogens is 1. The second-order valence-corrected chi connectivity index (χ2v) is 10.7. The van der Waals surface area contributed by atoms with E-state index < -0.39 is 29.6 Å². The van der Waals surface area contributed by atoms with Crippen molar-refractivity contribution in [3.63, 3.8) is 0 Å². The lowest BCUT2D eigenvalue weighted by Gasteiger charge is -2.37. The molecule has 3 aromatic rings. The van der Waals surface area contributed by atoms with Crippen LogP contribution in [0.3, 0.4) is 0 Å². The number of carbonyl (C=O) groups is 4. The number of nitrogens with zero attached hydrogens (tertiary/aromatic N) is 3. The summed E-state index contributed by atoms with van der Waals surface area (Å²) in [5.74, 6) is -1.82. The first kappa shape index (κ1) is 26.6. The smallest absolute Gasteiger partial charge is 0.412 e. The first-order valence-corrected chi connectivity index (χ1v) is 13.4. The topological polar surface area (TPSA) is 129 Å². The standard InChI is InChI=1S/C27H25ClN4O6S/c1-15-23(29-26(37)38-16(2)19-5-3-4-6-20(19)28)24(39-30-15)17-7-9-18(10-8-17)31-13-22(34)32(14-21(31)33)27(11-12-27)25(35)36/h3-10,16H,11-14H2,1-2H3,(H,29,37)(H,35,36). The van der Waals surface area contributed by atoms with Crippen molar-refractivity contribution in [1.82, 2.24) is 9.27 Å². The van der Waals surface area contributed by atoms with E-state index in [0.717, 1.165) is 5.56 Å². The molecular formula is C27H25ClN4O6S. The molecule has 2 fully saturated rings. The fourth-order valence-corrected chi connectivity index (χ4v) is 5.77. The average molecular weight is 569 g/mol. The maximum Gasteiger partial charge on any atom is 0.412 e. The van der Waals surface area contributed by atoms with Crippen LogP contribution in [0, 0.1) is 6.92 Å². The van der Waals surface area contributed by atoms with Crippen molar-refractivity contribution in [3.8, 4) is 10.4 Å². The van der Waals surface area contributed by atoms with Crippen LogP contribution in [0.2, 0.25) is 5.02 Å². The number of amides is 3. The van der Waals surface area contributed by atoms with Crippen LogP contribution in [-0.4, -0.2) is 56.9 Å². The van der Waals surface area contributed by atoms with Gasteiger partial charge in [-0.05, 0) is 62.0 Å². The number of aryl methyl sites for hydroxylation is 1. The van der Waals surface area contributed by atoms with E-state index in [1.54, 1.807) is 56.3 Å². The van der Waals surface area contributed by atoms with E-state index in [2.05, 4.69) is 9.69 Å². The molecule has 2 N–H and O–H groups in total. The molecule has 1 aromatic heterocycles. The Morgan fingerprint density at radius 1 is 1.10 bits per heavy atom. The molecule has 202 valence electrons. The number of benzene rings is 2. The number of ether oxygens (including phenoxy) is 1. The largest absolute Gasteiger partial charge is 0.479 e. The van der Waals surface area contributed by atoms with E-state index in [4.69, 9.17) is 16.3 Å². The molecule has 0 spiro atoms. The number of aliphatic carboxylic acids is 1. The van der Waals surface area contributed by atoms with Crippen molar-refractivity contribution in [2.75, 3.05) is 23.3 Å². The zero-order valence-corrected chi connectivity index (χ0v) is 22.7. The lowest BCUT2D eigenvalue weighted by molar-refractivity contribution is -0.154. The van der Waals surface area contributed by atoms with E-state index in [1.165, 1.54) is 21.3 Å². The molecule has 0 bridgehead atoms. The van der Waals surface area contributed by atoms with Gasteiger partial charge in [0.05, 0.1) is 16.3 Å². The van der Waals surface area contributed by atoms with Gasteiger partial charge in [0.2, 0.25) is 11.8 Å². The first-order valence-electron chi connectivity index (χ1n) is 12.2. The number of hydrogen-bond acceptors (Lipinski definition) is 7. The highest BCUT2D eigenvalue weighted by Gasteiger charge is 2.58. The third kappa shape index (κ3) is 5.07. The summed E-state index contributed by atoms with van der Waals surface area (Å²) in [5.41, 5.74) is 1.83. The molecule has 2 aromatic carbocycles. The second kappa shape index (κ2) is 10.3. The Labute approximate surface area is 233 Å². The van der Waals surface area contributed by atoms with Gasteiger partial charge < -0.3 is 19.6 Å². The molecule has 1 atom stereocenters. The fraction of sp³-hybridized carbons (Fsp3) is 0.296. The molecule has 3 amide bonds. The number of nitrogens with one attached hydrogen (secondary N) is 1. The SMILES string of the molecule is Cc1nsc(-c2ccc(N3CC(=O)N(C4(C(=O)O)CC4)CC3=O)cc2)c1NC(=O)OC(C)c1ccccc1Cl. The van der Waals surface area contributed by atoms with Crippen molar-refractivity contribution in [3.05, 3.63) is 64.8 Å². The number of anilines is 2. The lowest BCUT2D eigenvalue weighted by atomic mass is 10.1. The third-order valence-corrected chi connectivity index (χ3v) is 8.32. The van der Waals surface area contributed by atoms with E-state index in [-0.39, 0.29) is 19.0 Å². The molecular weight excluding hydrogens is 544 g/mol. The molecule has 5 rings (SSSR count). The second-order valence-electron chi connectivity index (χ2n) is 9.51. The quantitative estimate of drug-likeness (QED) is 0.416. The van der Waals surface area contributed by atoms with Gasteiger partial charge in [-0.15, -0.1) is 0 Å². The maximum atomic E-state index is 12.9. The highest BCUT2D eigenvalue weighted by Crippen LogP contribution is 2.43. The van der Waals surface area contributed by atoms with Crippen molar-refractivity contribution in [2.24, 2.45) is 0 Å². The fourth-order valence-electron chi connectivity index (χ4n) is 4.63. The predicted molar refractivity (Wildman–Crippen MR) is 146 cm³/mol. The summed E-state index contributed by atoms with van der Waals surface area (Å²) in [6.45, 7) is 3.00. The van der Waals surface area contributed by atoms with Crippen molar-refractivity contribution in [1.29, 1.82) is 0 Å². The molecule has 0 radical (unpaired) electrons. The average Bonchev–Trinajstić information content (AvgIpc) is 3.64. The minimum absolute atomic E-state index is 0.227. The number of carboxylic acid groups (broad SMARTS) is 1. The molecule has 2 heterocycles. The molecule has 39 heavy (non-hydrogen) atoms. The van der Waals surface area contributed by atoms with Gasteiger partial charge in [-0.25, -0.2) is 9.59 Å². The van der Waals surface area contributed by atoms with E-state index >= 15 is 0 Å². The zero-order chi connectivity index (χ0) is 27.9. The summed E-state index contributed by atoms with van der Waals surface area (Å²) in [6.07, 6.45) is -0.514. The number of carboxylic acids is 1. The molecule has 10 nitrogen and oxygen atoms in total. The number of hydrogen-bond donors (Lipinski definition) is 2. The van der Waals surface area contributed by atoms with Gasteiger partial charge in [-0.1, -0.05) is 41.9 Å². The summed E-state index contributed by atoms with van der Waals surface area (Å²) in [7, 11) is 0. The summed E-state index contributed by atoms with van der Waals surface area (Å²) >= 11 is 7.42. The van der Waals surface area contributed by atoms with Crippen LogP contribution < -0.4 is 10.2 Å². The van der Waals surface area contributed by atoms with Crippen LogP contribution >= 0.6 is 23.1 Å². The van der Waals surface area contributed by atoms with E-state index in [1.807, 2.05) is 6.07 Å². The number of aromatic nitrogens is 1. The maximum absolute atomic E-state index is 12.9. The molecule has 12 heteroatoms. The molecule has 1 unspecified atom stereocenters. The van der Waals surface area contributed by atoms with E-state index in [0.29, 0.717) is 45.4 Å². The highest BCUT2D eigenvalue weighted by molar-refractivity contribution is 7.10. The van der Waals surface area contributed by atoms with Gasteiger partial charge in [0.1, 0.15) is 24.7 Å². The molecule has 1 aliphatic heterocycles. The summed E-state index contributed by atoms with van der Waals surface area (Å²) < 4.78 is 9.90. The Bertz CT molecular complexity index is 1470. The number of carbonyl (C=O) groups excluding carboxylic acids is 3. The van der Waals surface area contributed by atoms with Crippen LogP contribution in [0.5, 0.6) is 0 Å². The summed E-state index contributed by atoms with van der Waals surface area (Å²) in [4.78, 5) is 53.2. The lowest BCUT2D eigenvalue weighted by Crippen LogP contribution is -2.60. The van der Waals surface area contributed by atoms with Gasteiger partial charge in [-0.2, -0.15) is 4.37 Å². The van der Waals surface area contributed by atoms with Gasteiger partial charge in [0.15, 0.2) is 0 Å². The van der Waals surface area contributed by atoms with Gasteiger partial charge >= 0.3 is 12.1 Å². The molecule has 1 saturated heterocycles. The minimum Gasteiger partial charge on any atom is -0.479 e. The van der Waals surface area contributed by atoms with Crippen molar-refractivity contribution < 1.29 is 29.0 Å². The van der Waals surface area contributed by atoms with E-state index in [9.17, 15) is 24.3 Å².